The summed E-state index contributed by atoms with van der Waals surface area (Å²) in [5, 5.41) is 9.64. The Morgan fingerprint density at radius 2 is 1.62 bits per heavy atom. The zero-order valence-electron chi connectivity index (χ0n) is 24.5. The van der Waals surface area contributed by atoms with E-state index in [1.54, 1.807) is 6.92 Å². The Kier molecular flexibility index (Phi) is 19.4. The molecule has 0 aliphatic rings. The van der Waals surface area contributed by atoms with E-state index < -0.39 is 5.92 Å². The molecule has 0 radical (unpaired) electrons. The van der Waals surface area contributed by atoms with Gasteiger partial charge in [-0.3, -0.25) is 0 Å². The van der Waals surface area contributed by atoms with Gasteiger partial charge >= 0.3 is 0 Å². The fourth-order valence-electron chi connectivity index (χ4n) is 2.21. The van der Waals surface area contributed by atoms with Crippen LogP contribution in [0.4, 0.5) is 8.78 Å². The Morgan fingerprint density at radius 3 is 2.00 bits per heavy atom. The highest BCUT2D eigenvalue weighted by atomic mass is 35.5. The molecule has 1 heterocycles. The summed E-state index contributed by atoms with van der Waals surface area (Å²) < 4.78 is 29.6. The van der Waals surface area contributed by atoms with Crippen LogP contribution >= 0.6 is 11.6 Å². The van der Waals surface area contributed by atoms with Crippen LogP contribution in [-0.2, 0) is 6.61 Å². The topological polar surface area (TPSA) is 55.2 Å². The number of aromatic hydroxyl groups is 1. The van der Waals surface area contributed by atoms with Crippen molar-refractivity contribution in [3.05, 3.63) is 64.1 Å². The van der Waals surface area contributed by atoms with E-state index in [1.807, 2.05) is 26.0 Å². The highest BCUT2D eigenvalue weighted by Gasteiger charge is 2.22. The van der Waals surface area contributed by atoms with Crippen molar-refractivity contribution in [3.8, 4) is 11.6 Å². The predicted molar refractivity (Wildman–Crippen MR) is 155 cm³/mol. The molecule has 0 amide bonds. The molecule has 2 rings (SSSR count). The Hall–Kier alpha value is -2.47. The minimum atomic E-state index is -2.63. The quantitative estimate of drug-likeness (QED) is 0.280. The second-order valence-electron chi connectivity index (χ2n) is 8.74. The van der Waals surface area contributed by atoms with Gasteiger partial charge in [-0.2, -0.15) is 4.98 Å². The van der Waals surface area contributed by atoms with Crippen LogP contribution in [0.5, 0.6) is 11.6 Å². The molecule has 1 aromatic carbocycles. The highest BCUT2D eigenvalue weighted by Crippen LogP contribution is 2.25. The number of halogens is 3. The first-order valence-electron chi connectivity index (χ1n) is 12.9. The van der Waals surface area contributed by atoms with Gasteiger partial charge in [0.15, 0.2) is 5.75 Å². The molecule has 4 nitrogen and oxygen atoms in total. The van der Waals surface area contributed by atoms with Gasteiger partial charge in [0.1, 0.15) is 6.61 Å². The molecule has 0 aliphatic carbocycles. The Morgan fingerprint density at radius 1 is 1.11 bits per heavy atom. The van der Waals surface area contributed by atoms with Crippen LogP contribution in [0.3, 0.4) is 0 Å². The molecule has 0 saturated carbocycles. The van der Waals surface area contributed by atoms with Gasteiger partial charge < -0.3 is 9.84 Å². The summed E-state index contributed by atoms with van der Waals surface area (Å²) in [4.78, 5) is 7.51. The van der Waals surface area contributed by atoms with Gasteiger partial charge in [-0.15, -0.1) is 0 Å². The molecular weight excluding hydrogens is 494 g/mol. The van der Waals surface area contributed by atoms with E-state index in [0.29, 0.717) is 6.61 Å². The van der Waals surface area contributed by atoms with Crippen LogP contribution in [0.1, 0.15) is 100 Å². The van der Waals surface area contributed by atoms with E-state index in [0.717, 1.165) is 24.8 Å². The first-order valence-corrected chi connectivity index (χ1v) is 13.3. The molecule has 0 fully saturated rings. The lowest BCUT2D eigenvalue weighted by atomic mass is 10.00. The van der Waals surface area contributed by atoms with Crippen molar-refractivity contribution in [2.45, 2.75) is 102 Å². The lowest BCUT2D eigenvalue weighted by Gasteiger charge is -2.09. The summed E-state index contributed by atoms with van der Waals surface area (Å²) in [6.07, 6.45) is 4.99. The maximum atomic E-state index is 12.0. The van der Waals surface area contributed by atoms with Crippen LogP contribution in [0, 0.1) is 5.92 Å². The van der Waals surface area contributed by atoms with E-state index in [4.69, 9.17) is 16.3 Å². The third kappa shape index (κ3) is 16.1. The van der Waals surface area contributed by atoms with E-state index in [2.05, 4.69) is 63.6 Å². The number of allylic oxidation sites excluding steroid dienone is 4. The van der Waals surface area contributed by atoms with Crippen LogP contribution in [0.25, 0.3) is 5.57 Å². The van der Waals surface area contributed by atoms with E-state index in [9.17, 15) is 13.9 Å². The van der Waals surface area contributed by atoms with Gasteiger partial charge in [-0.05, 0) is 73.9 Å². The van der Waals surface area contributed by atoms with Crippen molar-refractivity contribution in [1.29, 1.82) is 0 Å². The lowest BCUT2D eigenvalue weighted by molar-refractivity contribution is 0.0633. The Bertz CT molecular complexity index is 951. The number of hydrogen-bond donors (Lipinski definition) is 1. The summed E-state index contributed by atoms with van der Waals surface area (Å²) >= 11 is 5.68. The number of nitrogens with zero attached hydrogens (tertiary/aromatic N) is 2. The molecule has 0 saturated heterocycles. The average Bonchev–Trinajstić information content (AvgIpc) is 2.89. The summed E-state index contributed by atoms with van der Waals surface area (Å²) in [7, 11) is 0. The Labute approximate surface area is 228 Å². The fourth-order valence-corrected chi connectivity index (χ4v) is 2.34. The van der Waals surface area contributed by atoms with Crippen LogP contribution in [0.15, 0.2) is 47.7 Å². The van der Waals surface area contributed by atoms with E-state index >= 15 is 0 Å². The summed E-state index contributed by atoms with van der Waals surface area (Å²) in [5.41, 5.74) is 4.99. The molecule has 37 heavy (non-hydrogen) atoms. The van der Waals surface area contributed by atoms with Crippen molar-refractivity contribution >= 4 is 17.2 Å². The molecule has 1 N–H and O–H groups in total. The molecule has 2 aromatic rings. The zero-order valence-corrected chi connectivity index (χ0v) is 25.3. The molecule has 0 spiro atoms. The fraction of sp³-hybridized carbons (Fsp3) is 0.533. The number of hydrogen-bond acceptors (Lipinski definition) is 4. The summed E-state index contributed by atoms with van der Waals surface area (Å²) in [6, 6.07) is 8.14. The highest BCUT2D eigenvalue weighted by molar-refractivity contribution is 6.28. The second-order valence-corrected chi connectivity index (χ2v) is 9.07. The zero-order chi connectivity index (χ0) is 29.2. The second kappa shape index (κ2) is 19.6. The van der Waals surface area contributed by atoms with Gasteiger partial charge in [-0.1, -0.05) is 83.9 Å². The Balaban J connectivity index is 0. The standard InChI is InChI=1S/C17H19ClN2O2.C6H10F2.C5H12.C2H6/c1-4-11(2)12(3)14-7-5-13(6-8-14)10-22-16-15(21)9-19-17(18)20-16;1-4-5(2)6(3,7)8;1-4-5(2)3;1-2/h5-9,21H,4,10H2,1-3H3;4H,1-3H3;5H,4H2,1-3H3;1-2H3/b;5-4+;;. The molecule has 7 heteroatoms. The first-order chi connectivity index (χ1) is 17.3. The summed E-state index contributed by atoms with van der Waals surface area (Å²) in [6.45, 7) is 21.3. The third-order valence-corrected chi connectivity index (χ3v) is 5.76. The molecule has 210 valence electrons. The van der Waals surface area contributed by atoms with Gasteiger partial charge in [0.05, 0.1) is 6.20 Å². The van der Waals surface area contributed by atoms with Crippen LogP contribution in [-0.4, -0.2) is 21.0 Å². The largest absolute Gasteiger partial charge is 0.502 e. The van der Waals surface area contributed by atoms with Crippen LogP contribution < -0.4 is 4.74 Å². The molecule has 1 aromatic heterocycles. The number of ether oxygens (including phenoxy) is 1. The van der Waals surface area contributed by atoms with Gasteiger partial charge in [0.25, 0.3) is 11.8 Å². The normalized spacial score (nSPS) is 11.7. The number of benzene rings is 1. The van der Waals surface area contributed by atoms with Gasteiger partial charge in [0.2, 0.25) is 5.28 Å². The third-order valence-electron chi connectivity index (χ3n) is 5.58. The maximum Gasteiger partial charge on any atom is 0.266 e. The van der Waals surface area contributed by atoms with Crippen molar-refractivity contribution in [2.75, 3.05) is 0 Å². The monoisotopic (exact) mass is 540 g/mol. The van der Waals surface area contributed by atoms with E-state index in [-0.39, 0.29) is 22.5 Å². The van der Waals surface area contributed by atoms with Crippen molar-refractivity contribution in [1.82, 2.24) is 9.97 Å². The first kappa shape index (κ1) is 36.7. The molecule has 0 bridgehead atoms. The van der Waals surface area contributed by atoms with Crippen molar-refractivity contribution in [2.24, 2.45) is 5.92 Å². The number of alkyl halides is 2. The molecular formula is C30H47ClF2N2O2. The molecule has 0 atom stereocenters. The van der Waals surface area contributed by atoms with Gasteiger partial charge in [0, 0.05) is 6.92 Å². The minimum Gasteiger partial charge on any atom is -0.502 e. The average molecular weight is 541 g/mol. The smallest absolute Gasteiger partial charge is 0.266 e. The molecule has 0 unspecified atom stereocenters. The van der Waals surface area contributed by atoms with E-state index in [1.165, 1.54) is 42.3 Å². The summed E-state index contributed by atoms with van der Waals surface area (Å²) in [5.74, 6) is -1.79. The number of rotatable bonds is 7. The van der Waals surface area contributed by atoms with Crippen LogP contribution in [0.2, 0.25) is 5.28 Å². The molecule has 0 aliphatic heterocycles. The van der Waals surface area contributed by atoms with Gasteiger partial charge in [-0.25, -0.2) is 13.8 Å². The minimum absolute atomic E-state index is 0.0407. The predicted octanol–water partition coefficient (Wildman–Crippen LogP) is 10.3. The SMILES string of the molecule is C/C=C(\C)C(C)(F)F.CC.CCC(C)=C(C)c1ccc(COc2nc(Cl)ncc2O)cc1.CCC(C)C. The lowest BCUT2D eigenvalue weighted by Crippen LogP contribution is -2.10. The van der Waals surface area contributed by atoms with Crippen molar-refractivity contribution < 1.29 is 18.6 Å². The van der Waals surface area contributed by atoms with Crippen molar-refractivity contribution in [3.63, 3.8) is 0 Å². The maximum absolute atomic E-state index is 12.0. The number of aromatic nitrogens is 2.